The first-order valence-corrected chi connectivity index (χ1v) is 13.5. The Bertz CT molecular complexity index is 1360. The number of carbonyl (C=O) groups excluding carboxylic acids is 1. The van der Waals surface area contributed by atoms with E-state index in [4.69, 9.17) is 0 Å². The SMILES string of the molecule is O=C(NC1CCC(n2c(=O)c3cc(F)cnc3n(C3CCSCC3)c2=O)CC1)[C@@H](O)c1ccccc1. The molecule has 0 radical (unpaired) electrons. The molecule has 1 amide bonds. The van der Waals surface area contributed by atoms with Crippen molar-refractivity contribution in [1.82, 2.24) is 19.4 Å². The molecule has 8 nitrogen and oxygen atoms in total. The number of thioether (sulfide) groups is 1. The molecule has 190 valence electrons. The predicted molar refractivity (Wildman–Crippen MR) is 137 cm³/mol. The summed E-state index contributed by atoms with van der Waals surface area (Å²) in [6, 6.07) is 9.30. The highest BCUT2D eigenvalue weighted by Crippen LogP contribution is 2.30. The number of amides is 1. The second-order valence-electron chi connectivity index (χ2n) is 9.52. The molecule has 1 aliphatic carbocycles. The van der Waals surface area contributed by atoms with E-state index >= 15 is 0 Å². The van der Waals surface area contributed by atoms with Gasteiger partial charge in [-0.05, 0) is 61.7 Å². The first kappa shape index (κ1) is 24.7. The van der Waals surface area contributed by atoms with Gasteiger partial charge < -0.3 is 10.4 Å². The number of pyridine rings is 1. The van der Waals surface area contributed by atoms with E-state index in [0.717, 1.165) is 30.5 Å². The van der Waals surface area contributed by atoms with Gasteiger partial charge in [0.05, 0.1) is 11.6 Å². The molecule has 1 atom stereocenters. The number of aliphatic hydroxyl groups excluding tert-OH is 1. The third-order valence-electron chi connectivity index (χ3n) is 7.25. The summed E-state index contributed by atoms with van der Waals surface area (Å²) in [4.78, 5) is 43.8. The van der Waals surface area contributed by atoms with Gasteiger partial charge in [-0.1, -0.05) is 30.3 Å². The third kappa shape index (κ3) is 4.84. The Labute approximate surface area is 211 Å². The molecule has 0 bridgehead atoms. The van der Waals surface area contributed by atoms with Gasteiger partial charge in [-0.2, -0.15) is 11.8 Å². The Morgan fingerprint density at radius 2 is 1.69 bits per heavy atom. The maximum Gasteiger partial charge on any atom is 0.333 e. The Hall–Kier alpha value is -2.98. The van der Waals surface area contributed by atoms with Crippen LogP contribution in [0.2, 0.25) is 0 Å². The summed E-state index contributed by atoms with van der Waals surface area (Å²) in [6.45, 7) is 0. The van der Waals surface area contributed by atoms with Crippen LogP contribution in [0, 0.1) is 5.82 Å². The molecule has 3 aromatic rings. The van der Waals surface area contributed by atoms with Gasteiger partial charge in [0, 0.05) is 18.1 Å². The number of hydrogen-bond donors (Lipinski definition) is 2. The summed E-state index contributed by atoms with van der Waals surface area (Å²) in [5.41, 5.74) is -0.143. The van der Waals surface area contributed by atoms with E-state index in [9.17, 15) is 23.9 Å². The van der Waals surface area contributed by atoms with Gasteiger partial charge in [-0.25, -0.2) is 14.2 Å². The van der Waals surface area contributed by atoms with Gasteiger partial charge in [-0.3, -0.25) is 18.7 Å². The highest BCUT2D eigenvalue weighted by Gasteiger charge is 2.30. The van der Waals surface area contributed by atoms with Crippen LogP contribution < -0.4 is 16.6 Å². The minimum Gasteiger partial charge on any atom is -0.378 e. The number of rotatable bonds is 5. The summed E-state index contributed by atoms with van der Waals surface area (Å²) in [6.07, 6.45) is 3.52. The van der Waals surface area contributed by atoms with E-state index in [2.05, 4.69) is 10.3 Å². The molecule has 1 saturated carbocycles. The average molecular weight is 513 g/mol. The largest absolute Gasteiger partial charge is 0.378 e. The van der Waals surface area contributed by atoms with Gasteiger partial charge in [0.2, 0.25) is 0 Å². The highest BCUT2D eigenvalue weighted by atomic mass is 32.2. The minimum absolute atomic E-state index is 0.0823. The fourth-order valence-electron chi connectivity index (χ4n) is 5.34. The fraction of sp³-hybridized carbons (Fsp3) is 0.462. The molecule has 1 aliphatic heterocycles. The highest BCUT2D eigenvalue weighted by molar-refractivity contribution is 7.99. The third-order valence-corrected chi connectivity index (χ3v) is 8.30. The summed E-state index contributed by atoms with van der Waals surface area (Å²) in [7, 11) is 0. The van der Waals surface area contributed by atoms with Crippen LogP contribution in [0.5, 0.6) is 0 Å². The van der Waals surface area contributed by atoms with E-state index in [-0.39, 0.29) is 29.2 Å². The van der Waals surface area contributed by atoms with Crippen LogP contribution in [-0.2, 0) is 4.79 Å². The maximum atomic E-state index is 14.1. The van der Waals surface area contributed by atoms with Gasteiger partial charge in [0.15, 0.2) is 6.10 Å². The molecule has 36 heavy (non-hydrogen) atoms. The number of carbonyl (C=O) groups is 1. The molecule has 3 heterocycles. The molecule has 2 aliphatic rings. The summed E-state index contributed by atoms with van der Waals surface area (Å²) < 4.78 is 16.9. The van der Waals surface area contributed by atoms with Crippen molar-refractivity contribution in [3.05, 3.63) is 74.8 Å². The Morgan fingerprint density at radius 3 is 2.39 bits per heavy atom. The lowest BCUT2D eigenvalue weighted by Gasteiger charge is -2.32. The number of fused-ring (bicyclic) bond motifs is 1. The number of aromatic nitrogens is 3. The zero-order valence-electron chi connectivity index (χ0n) is 19.8. The van der Waals surface area contributed by atoms with E-state index in [0.29, 0.717) is 31.2 Å². The van der Waals surface area contributed by atoms with Gasteiger partial charge >= 0.3 is 5.69 Å². The van der Waals surface area contributed by atoms with Crippen LogP contribution in [-0.4, -0.2) is 42.7 Å². The molecule has 1 saturated heterocycles. The van der Waals surface area contributed by atoms with Crippen molar-refractivity contribution in [1.29, 1.82) is 0 Å². The molecule has 5 rings (SSSR count). The smallest absolute Gasteiger partial charge is 0.333 e. The summed E-state index contributed by atoms with van der Waals surface area (Å²) in [5.74, 6) is 0.752. The van der Waals surface area contributed by atoms with Crippen LogP contribution in [0.4, 0.5) is 4.39 Å². The van der Waals surface area contributed by atoms with E-state index in [1.165, 1.54) is 10.6 Å². The molecule has 0 spiro atoms. The first-order valence-electron chi connectivity index (χ1n) is 12.4. The first-order chi connectivity index (χ1) is 17.4. The molecule has 10 heteroatoms. The number of nitrogens with one attached hydrogen (secondary N) is 1. The van der Waals surface area contributed by atoms with Crippen LogP contribution in [0.3, 0.4) is 0 Å². The lowest BCUT2D eigenvalue weighted by molar-refractivity contribution is -0.130. The predicted octanol–water partition coefficient (Wildman–Crippen LogP) is 3.10. The van der Waals surface area contributed by atoms with Crippen LogP contribution in [0.25, 0.3) is 11.0 Å². The summed E-state index contributed by atoms with van der Waals surface area (Å²) in [5, 5.41) is 13.4. The number of benzene rings is 1. The Balaban J connectivity index is 1.38. The number of aliphatic hydroxyl groups is 1. The number of halogens is 1. The van der Waals surface area contributed by atoms with Gasteiger partial charge in [0.25, 0.3) is 11.5 Å². The molecule has 0 unspecified atom stereocenters. The van der Waals surface area contributed by atoms with Crippen molar-refractivity contribution in [3.63, 3.8) is 0 Å². The molecular weight excluding hydrogens is 483 g/mol. The Kier molecular flexibility index (Phi) is 7.25. The Morgan fingerprint density at radius 1 is 1.03 bits per heavy atom. The van der Waals surface area contributed by atoms with Crippen LogP contribution in [0.15, 0.2) is 52.2 Å². The topological polar surface area (TPSA) is 106 Å². The quantitative estimate of drug-likeness (QED) is 0.544. The zero-order chi connectivity index (χ0) is 25.2. The lowest BCUT2D eigenvalue weighted by atomic mass is 9.90. The number of hydrogen-bond acceptors (Lipinski definition) is 6. The average Bonchev–Trinajstić information content (AvgIpc) is 2.91. The second-order valence-corrected chi connectivity index (χ2v) is 10.7. The summed E-state index contributed by atoms with van der Waals surface area (Å²) >= 11 is 1.83. The fourth-order valence-corrected chi connectivity index (χ4v) is 6.43. The van der Waals surface area contributed by atoms with Crippen molar-refractivity contribution in [2.75, 3.05) is 11.5 Å². The van der Waals surface area contributed by atoms with E-state index in [1.807, 2.05) is 17.8 Å². The standard InChI is InChI=1S/C26H29FN4O4S/c27-17-14-21-23(28-15-17)30(20-10-12-36-13-11-20)26(35)31(25(21)34)19-8-6-18(7-9-19)29-24(33)22(32)16-4-2-1-3-5-16/h1-5,14-15,18-20,22,32H,6-13H2,(H,29,33)/t18?,19?,22-/m0/s1. The van der Waals surface area contributed by atoms with Gasteiger partial charge in [0.1, 0.15) is 11.5 Å². The maximum absolute atomic E-state index is 14.1. The van der Waals surface area contributed by atoms with E-state index < -0.39 is 29.1 Å². The monoisotopic (exact) mass is 512 g/mol. The van der Waals surface area contributed by atoms with Crippen molar-refractivity contribution in [3.8, 4) is 0 Å². The molecular formula is C26H29FN4O4S. The van der Waals surface area contributed by atoms with Crippen molar-refractivity contribution >= 4 is 28.7 Å². The second kappa shape index (κ2) is 10.6. The normalized spacial score (nSPS) is 21.8. The van der Waals surface area contributed by atoms with Crippen molar-refractivity contribution in [2.24, 2.45) is 0 Å². The van der Waals surface area contributed by atoms with Gasteiger partial charge in [-0.15, -0.1) is 0 Å². The molecule has 2 N–H and O–H groups in total. The van der Waals surface area contributed by atoms with E-state index in [1.54, 1.807) is 28.8 Å². The molecule has 2 fully saturated rings. The lowest BCUT2D eigenvalue weighted by Crippen LogP contribution is -2.47. The van der Waals surface area contributed by atoms with Crippen LogP contribution in [0.1, 0.15) is 62.3 Å². The van der Waals surface area contributed by atoms with Crippen molar-refractivity contribution in [2.45, 2.75) is 62.8 Å². The van der Waals surface area contributed by atoms with Crippen LogP contribution >= 0.6 is 11.8 Å². The minimum atomic E-state index is -1.25. The number of nitrogens with zero attached hydrogens (tertiary/aromatic N) is 3. The molecule has 2 aromatic heterocycles. The van der Waals surface area contributed by atoms with Crippen molar-refractivity contribution < 1.29 is 14.3 Å². The zero-order valence-corrected chi connectivity index (χ0v) is 20.6. The molecule has 1 aromatic carbocycles.